The summed E-state index contributed by atoms with van der Waals surface area (Å²) in [5, 5.41) is 15.1. The van der Waals surface area contributed by atoms with Crippen molar-refractivity contribution >= 4 is 17.3 Å². The number of nitro benzene ring substituents is 1. The molecule has 0 fully saturated rings. The highest BCUT2D eigenvalue weighted by Gasteiger charge is 2.16. The van der Waals surface area contributed by atoms with Crippen LogP contribution in [0.25, 0.3) is 0 Å². The van der Waals surface area contributed by atoms with Crippen LogP contribution in [-0.4, -0.2) is 23.1 Å². The van der Waals surface area contributed by atoms with Crippen LogP contribution in [0.4, 0.5) is 10.1 Å². The summed E-state index contributed by atoms with van der Waals surface area (Å²) >= 11 is 0. The zero-order chi connectivity index (χ0) is 18.4. The summed E-state index contributed by atoms with van der Waals surface area (Å²) in [6.07, 6.45) is 0. The SMILES string of the molecule is CCOc1ccc(/C(C)=N\NC(=O)c2ccc(F)cc2)cc1[N+](=O)[O-]. The highest BCUT2D eigenvalue weighted by molar-refractivity contribution is 6.01. The highest BCUT2D eigenvalue weighted by Crippen LogP contribution is 2.28. The van der Waals surface area contributed by atoms with Crippen LogP contribution in [0.2, 0.25) is 0 Å². The lowest BCUT2D eigenvalue weighted by Gasteiger charge is -2.07. The number of hydrazone groups is 1. The molecule has 7 nitrogen and oxygen atoms in total. The van der Waals surface area contributed by atoms with Gasteiger partial charge in [-0.3, -0.25) is 14.9 Å². The first-order chi connectivity index (χ1) is 11.9. The van der Waals surface area contributed by atoms with Crippen molar-refractivity contribution in [3.8, 4) is 5.75 Å². The van der Waals surface area contributed by atoms with Gasteiger partial charge in [0.2, 0.25) is 0 Å². The maximum atomic E-state index is 12.9. The van der Waals surface area contributed by atoms with Gasteiger partial charge in [0.15, 0.2) is 5.75 Å². The lowest BCUT2D eigenvalue weighted by atomic mass is 10.1. The molecular formula is C17H16FN3O4. The molecule has 0 bridgehead atoms. The maximum Gasteiger partial charge on any atom is 0.311 e. The molecule has 1 N–H and O–H groups in total. The lowest BCUT2D eigenvalue weighted by Crippen LogP contribution is -2.19. The number of nitrogens with zero attached hydrogens (tertiary/aromatic N) is 2. The van der Waals surface area contributed by atoms with Gasteiger partial charge < -0.3 is 4.74 Å². The summed E-state index contributed by atoms with van der Waals surface area (Å²) in [4.78, 5) is 22.5. The third kappa shape index (κ3) is 4.60. The minimum Gasteiger partial charge on any atom is -0.487 e. The minimum absolute atomic E-state index is 0.166. The number of carbonyl (C=O) groups is 1. The van der Waals surface area contributed by atoms with Crippen LogP contribution in [0.15, 0.2) is 47.6 Å². The van der Waals surface area contributed by atoms with Crippen molar-refractivity contribution in [3.63, 3.8) is 0 Å². The monoisotopic (exact) mass is 345 g/mol. The van der Waals surface area contributed by atoms with Crippen LogP contribution in [0.1, 0.15) is 29.8 Å². The van der Waals surface area contributed by atoms with Gasteiger partial charge in [0, 0.05) is 17.2 Å². The van der Waals surface area contributed by atoms with Crippen LogP contribution in [0, 0.1) is 15.9 Å². The van der Waals surface area contributed by atoms with Crippen LogP contribution in [0.5, 0.6) is 5.75 Å². The van der Waals surface area contributed by atoms with Crippen molar-refractivity contribution in [3.05, 3.63) is 69.5 Å². The molecule has 8 heteroatoms. The summed E-state index contributed by atoms with van der Waals surface area (Å²) in [5.41, 5.74) is 3.24. The fourth-order valence-electron chi connectivity index (χ4n) is 2.03. The molecule has 0 unspecified atom stereocenters. The Bertz CT molecular complexity index is 819. The molecule has 0 atom stereocenters. The van der Waals surface area contributed by atoms with Gasteiger partial charge in [0.05, 0.1) is 17.2 Å². The Kier molecular flexibility index (Phi) is 5.78. The largest absolute Gasteiger partial charge is 0.487 e. The quantitative estimate of drug-likeness (QED) is 0.494. The molecule has 0 saturated carbocycles. The summed E-state index contributed by atoms with van der Waals surface area (Å²) in [5.74, 6) is -0.794. The number of nitro groups is 1. The molecule has 130 valence electrons. The van der Waals surface area contributed by atoms with Gasteiger partial charge in [-0.2, -0.15) is 5.10 Å². The van der Waals surface area contributed by atoms with Crippen molar-refractivity contribution in [1.82, 2.24) is 5.43 Å². The first-order valence-electron chi connectivity index (χ1n) is 7.44. The van der Waals surface area contributed by atoms with E-state index < -0.39 is 16.6 Å². The molecule has 25 heavy (non-hydrogen) atoms. The number of amides is 1. The summed E-state index contributed by atoms with van der Waals surface area (Å²) in [6, 6.07) is 9.42. The second-order valence-corrected chi connectivity index (χ2v) is 5.02. The lowest BCUT2D eigenvalue weighted by molar-refractivity contribution is -0.385. The molecule has 0 aliphatic heterocycles. The Hall–Kier alpha value is -3.29. The van der Waals surface area contributed by atoms with Crippen molar-refractivity contribution in [2.24, 2.45) is 5.10 Å². The van der Waals surface area contributed by atoms with Crippen LogP contribution in [0.3, 0.4) is 0 Å². The van der Waals surface area contributed by atoms with E-state index in [1.165, 1.54) is 36.4 Å². The Balaban J connectivity index is 2.18. The number of rotatable bonds is 6. The number of ether oxygens (including phenoxy) is 1. The molecule has 0 heterocycles. The zero-order valence-corrected chi connectivity index (χ0v) is 13.7. The van der Waals surface area contributed by atoms with E-state index in [2.05, 4.69) is 10.5 Å². The number of hydrogen-bond acceptors (Lipinski definition) is 5. The van der Waals surface area contributed by atoms with Crippen molar-refractivity contribution in [2.75, 3.05) is 6.61 Å². The van der Waals surface area contributed by atoms with Gasteiger partial charge in [-0.25, -0.2) is 9.82 Å². The smallest absolute Gasteiger partial charge is 0.311 e. The van der Waals surface area contributed by atoms with Crippen molar-refractivity contribution in [2.45, 2.75) is 13.8 Å². The van der Waals surface area contributed by atoms with Gasteiger partial charge in [0.25, 0.3) is 5.91 Å². The molecule has 0 spiro atoms. The molecule has 0 radical (unpaired) electrons. The van der Waals surface area contributed by atoms with Crippen molar-refractivity contribution in [1.29, 1.82) is 0 Å². The van der Waals surface area contributed by atoms with Gasteiger partial charge in [-0.15, -0.1) is 0 Å². The van der Waals surface area contributed by atoms with E-state index in [9.17, 15) is 19.3 Å². The number of nitrogens with one attached hydrogen (secondary N) is 1. The second-order valence-electron chi connectivity index (χ2n) is 5.02. The number of hydrogen-bond donors (Lipinski definition) is 1. The molecule has 0 saturated heterocycles. The number of carbonyl (C=O) groups excluding carboxylic acids is 1. The molecule has 2 aromatic carbocycles. The summed E-state index contributed by atoms with van der Waals surface area (Å²) in [7, 11) is 0. The van der Waals surface area contributed by atoms with Gasteiger partial charge in [0.1, 0.15) is 5.82 Å². The minimum atomic E-state index is -0.543. The molecule has 2 rings (SSSR count). The number of benzene rings is 2. The van der Waals surface area contributed by atoms with Crippen LogP contribution < -0.4 is 10.2 Å². The fraction of sp³-hybridized carbons (Fsp3) is 0.176. The zero-order valence-electron chi connectivity index (χ0n) is 13.7. The third-order valence-corrected chi connectivity index (χ3v) is 3.30. The van der Waals surface area contributed by atoms with E-state index in [1.807, 2.05) is 0 Å². The molecule has 0 aromatic heterocycles. The molecule has 1 amide bonds. The molecule has 0 aliphatic rings. The average Bonchev–Trinajstić information content (AvgIpc) is 2.60. The maximum absolute atomic E-state index is 12.9. The predicted octanol–water partition coefficient (Wildman–Crippen LogP) is 3.29. The Morgan fingerprint density at radius 1 is 1.24 bits per heavy atom. The van der Waals surface area contributed by atoms with Gasteiger partial charge in [-0.1, -0.05) is 0 Å². The van der Waals surface area contributed by atoms with E-state index >= 15 is 0 Å². The van der Waals surface area contributed by atoms with Crippen LogP contribution >= 0.6 is 0 Å². The van der Waals surface area contributed by atoms with Gasteiger partial charge >= 0.3 is 5.69 Å². The summed E-state index contributed by atoms with van der Waals surface area (Å²) in [6.45, 7) is 3.64. The molecule has 0 aliphatic carbocycles. The standard InChI is InChI=1S/C17H16FN3O4/c1-3-25-16-9-6-13(10-15(16)21(23)24)11(2)19-20-17(22)12-4-7-14(18)8-5-12/h4-10H,3H2,1-2H3,(H,20,22)/b19-11-. The number of halogens is 1. The molecular weight excluding hydrogens is 329 g/mol. The Morgan fingerprint density at radius 2 is 1.88 bits per heavy atom. The predicted molar refractivity (Wildman–Crippen MR) is 90.3 cm³/mol. The normalized spacial score (nSPS) is 11.1. The fourth-order valence-corrected chi connectivity index (χ4v) is 2.03. The van der Waals surface area contributed by atoms with E-state index in [0.29, 0.717) is 17.9 Å². The summed E-state index contributed by atoms with van der Waals surface area (Å²) < 4.78 is 18.1. The topological polar surface area (TPSA) is 93.8 Å². The first kappa shape index (κ1) is 18.1. The average molecular weight is 345 g/mol. The van der Waals surface area contributed by atoms with E-state index in [-0.39, 0.29) is 17.0 Å². The Morgan fingerprint density at radius 3 is 2.48 bits per heavy atom. The van der Waals surface area contributed by atoms with E-state index in [0.717, 1.165) is 0 Å². The van der Waals surface area contributed by atoms with Gasteiger partial charge in [-0.05, 0) is 50.2 Å². The van der Waals surface area contributed by atoms with E-state index in [4.69, 9.17) is 4.74 Å². The molecule has 2 aromatic rings. The second kappa shape index (κ2) is 8.00. The Labute approximate surface area is 143 Å². The van der Waals surface area contributed by atoms with Crippen molar-refractivity contribution < 1.29 is 18.8 Å². The highest BCUT2D eigenvalue weighted by atomic mass is 19.1. The third-order valence-electron chi connectivity index (χ3n) is 3.30. The first-order valence-corrected chi connectivity index (χ1v) is 7.44. The van der Waals surface area contributed by atoms with Crippen LogP contribution in [-0.2, 0) is 0 Å². The van der Waals surface area contributed by atoms with E-state index in [1.54, 1.807) is 19.9 Å².